The van der Waals surface area contributed by atoms with E-state index in [0.29, 0.717) is 6.54 Å². The molecule has 3 nitrogen and oxygen atoms in total. The van der Waals surface area contributed by atoms with E-state index in [0.717, 1.165) is 12.1 Å². The van der Waals surface area contributed by atoms with Gasteiger partial charge in [-0.15, -0.1) is 11.3 Å². The Balaban J connectivity index is 1.89. The van der Waals surface area contributed by atoms with Crippen molar-refractivity contribution < 1.29 is 13.6 Å². The summed E-state index contributed by atoms with van der Waals surface area (Å²) in [4.78, 5) is 14.9. The number of hydrogen-bond donors (Lipinski definition) is 1. The highest BCUT2D eigenvalue weighted by Crippen LogP contribution is 2.17. The molecule has 1 aromatic carbocycles. The van der Waals surface area contributed by atoms with Gasteiger partial charge >= 0.3 is 0 Å². The molecule has 2 aromatic rings. The number of halogens is 2. The fourth-order valence-corrected chi connectivity index (χ4v) is 2.87. The molecule has 0 fully saturated rings. The fourth-order valence-electron chi connectivity index (χ4n) is 1.89. The molecule has 0 unspecified atom stereocenters. The second-order valence-corrected chi connectivity index (χ2v) is 5.88. The first-order valence-corrected chi connectivity index (χ1v) is 7.30. The molecule has 0 aliphatic rings. The lowest BCUT2D eigenvalue weighted by atomic mass is 10.3. The lowest BCUT2D eigenvalue weighted by Crippen LogP contribution is -2.29. The quantitative estimate of drug-likeness (QED) is 0.918. The van der Waals surface area contributed by atoms with Gasteiger partial charge in [-0.2, -0.15) is 0 Å². The highest BCUT2D eigenvalue weighted by Gasteiger charge is 2.10. The number of nitrogens with one attached hydrogen (secondary N) is 1. The molecule has 6 heteroatoms. The minimum Gasteiger partial charge on any atom is -0.325 e. The second-order valence-electron chi connectivity index (χ2n) is 4.88. The minimum atomic E-state index is -0.977. The number of thiophene rings is 1. The van der Waals surface area contributed by atoms with Gasteiger partial charge in [-0.05, 0) is 43.1 Å². The number of amides is 1. The topological polar surface area (TPSA) is 32.3 Å². The molecular weight excluding hydrogens is 294 g/mol. The summed E-state index contributed by atoms with van der Waals surface area (Å²) in [5.74, 6) is -2.17. The SMILES string of the molecule is Cc1ccsc1CN(C)CC(=O)Nc1ccc(F)c(F)c1. The Morgan fingerprint density at radius 2 is 2.05 bits per heavy atom. The molecule has 1 heterocycles. The van der Waals surface area contributed by atoms with Crippen LogP contribution in [0, 0.1) is 18.6 Å². The molecule has 1 aromatic heterocycles. The van der Waals surface area contributed by atoms with Crippen molar-refractivity contribution >= 4 is 22.9 Å². The van der Waals surface area contributed by atoms with E-state index in [-0.39, 0.29) is 18.1 Å². The maximum absolute atomic E-state index is 13.1. The summed E-state index contributed by atoms with van der Waals surface area (Å²) < 4.78 is 25.9. The largest absolute Gasteiger partial charge is 0.325 e. The maximum atomic E-state index is 13.1. The van der Waals surface area contributed by atoms with Crippen LogP contribution in [0.4, 0.5) is 14.5 Å². The molecule has 0 saturated carbocycles. The van der Waals surface area contributed by atoms with Crippen molar-refractivity contribution in [1.29, 1.82) is 0 Å². The summed E-state index contributed by atoms with van der Waals surface area (Å²) in [5, 5.41) is 4.56. The van der Waals surface area contributed by atoms with Gasteiger partial charge in [-0.3, -0.25) is 9.69 Å². The van der Waals surface area contributed by atoms with Crippen molar-refractivity contribution in [3.8, 4) is 0 Å². The highest BCUT2D eigenvalue weighted by atomic mass is 32.1. The first-order chi connectivity index (χ1) is 9.95. The van der Waals surface area contributed by atoms with E-state index in [2.05, 4.69) is 5.32 Å². The summed E-state index contributed by atoms with van der Waals surface area (Å²) in [5.41, 5.74) is 1.45. The molecule has 0 spiro atoms. The van der Waals surface area contributed by atoms with Crippen molar-refractivity contribution in [1.82, 2.24) is 4.90 Å². The number of anilines is 1. The van der Waals surface area contributed by atoms with Crippen LogP contribution < -0.4 is 5.32 Å². The van der Waals surface area contributed by atoms with Gasteiger partial charge in [0.2, 0.25) is 5.91 Å². The van der Waals surface area contributed by atoms with Gasteiger partial charge in [-0.1, -0.05) is 0 Å². The number of hydrogen-bond acceptors (Lipinski definition) is 3. The minimum absolute atomic E-state index is 0.177. The molecule has 0 atom stereocenters. The number of benzene rings is 1. The summed E-state index contributed by atoms with van der Waals surface area (Å²) >= 11 is 1.65. The van der Waals surface area contributed by atoms with Gasteiger partial charge < -0.3 is 5.32 Å². The lowest BCUT2D eigenvalue weighted by molar-refractivity contribution is -0.117. The average molecular weight is 310 g/mol. The first kappa shape index (κ1) is 15.6. The average Bonchev–Trinajstić information content (AvgIpc) is 2.79. The number of rotatable bonds is 5. The van der Waals surface area contributed by atoms with Crippen molar-refractivity contribution in [2.45, 2.75) is 13.5 Å². The molecule has 21 heavy (non-hydrogen) atoms. The molecule has 0 radical (unpaired) electrons. The van der Waals surface area contributed by atoms with E-state index in [1.165, 1.54) is 16.5 Å². The Bertz CT molecular complexity index is 642. The first-order valence-electron chi connectivity index (χ1n) is 6.42. The smallest absolute Gasteiger partial charge is 0.238 e. The third-order valence-electron chi connectivity index (χ3n) is 3.00. The van der Waals surface area contributed by atoms with Crippen LogP contribution in [-0.2, 0) is 11.3 Å². The monoisotopic (exact) mass is 310 g/mol. The molecule has 0 saturated heterocycles. The Morgan fingerprint density at radius 1 is 1.29 bits per heavy atom. The predicted molar refractivity (Wildman–Crippen MR) is 80.4 cm³/mol. The number of likely N-dealkylation sites (N-methyl/N-ethyl adjacent to an activating group) is 1. The van der Waals surface area contributed by atoms with Crippen LogP contribution in [-0.4, -0.2) is 24.4 Å². The number of aryl methyl sites for hydroxylation is 1. The summed E-state index contributed by atoms with van der Waals surface area (Å²) in [6, 6.07) is 5.33. The maximum Gasteiger partial charge on any atom is 0.238 e. The van der Waals surface area contributed by atoms with E-state index >= 15 is 0 Å². The van der Waals surface area contributed by atoms with Crippen LogP contribution in [0.3, 0.4) is 0 Å². The third-order valence-corrected chi connectivity index (χ3v) is 4.01. The van der Waals surface area contributed by atoms with E-state index in [1.54, 1.807) is 11.3 Å². The van der Waals surface area contributed by atoms with E-state index < -0.39 is 11.6 Å². The van der Waals surface area contributed by atoms with Gasteiger partial charge in [0.05, 0.1) is 6.54 Å². The molecule has 2 rings (SSSR count). The zero-order valence-corrected chi connectivity index (χ0v) is 12.6. The van der Waals surface area contributed by atoms with Crippen molar-refractivity contribution in [2.75, 3.05) is 18.9 Å². The molecule has 112 valence electrons. The summed E-state index contributed by atoms with van der Waals surface area (Å²) in [6.45, 7) is 2.88. The van der Waals surface area contributed by atoms with Crippen molar-refractivity contribution in [3.63, 3.8) is 0 Å². The zero-order chi connectivity index (χ0) is 15.4. The third kappa shape index (κ3) is 4.34. The van der Waals surface area contributed by atoms with E-state index in [4.69, 9.17) is 0 Å². The van der Waals surface area contributed by atoms with Crippen molar-refractivity contribution in [3.05, 3.63) is 51.7 Å². The highest BCUT2D eigenvalue weighted by molar-refractivity contribution is 7.10. The Labute approximate surface area is 126 Å². The van der Waals surface area contributed by atoms with E-state index in [1.807, 2.05) is 30.3 Å². The second kappa shape index (κ2) is 6.78. The zero-order valence-electron chi connectivity index (χ0n) is 11.8. The van der Waals surface area contributed by atoms with Crippen LogP contribution in [0.2, 0.25) is 0 Å². The van der Waals surface area contributed by atoms with Gasteiger partial charge in [0.15, 0.2) is 11.6 Å². The normalized spacial score (nSPS) is 10.9. The van der Waals surface area contributed by atoms with Gasteiger partial charge in [0, 0.05) is 23.2 Å². The molecule has 1 N–H and O–H groups in total. The van der Waals surface area contributed by atoms with Crippen LogP contribution in [0.25, 0.3) is 0 Å². The van der Waals surface area contributed by atoms with Gasteiger partial charge in [0.1, 0.15) is 0 Å². The summed E-state index contributed by atoms with van der Waals surface area (Å²) in [6.07, 6.45) is 0. The molecule has 0 aliphatic carbocycles. The predicted octanol–water partition coefficient (Wildman–Crippen LogP) is 3.41. The fraction of sp³-hybridized carbons (Fsp3) is 0.267. The summed E-state index contributed by atoms with van der Waals surface area (Å²) in [7, 11) is 1.84. The van der Waals surface area contributed by atoms with Crippen LogP contribution >= 0.6 is 11.3 Å². The van der Waals surface area contributed by atoms with Crippen LogP contribution in [0.1, 0.15) is 10.4 Å². The molecular formula is C15H16F2N2OS. The molecule has 0 aliphatic heterocycles. The van der Waals surface area contributed by atoms with Gasteiger partial charge in [-0.25, -0.2) is 8.78 Å². The molecule has 1 amide bonds. The lowest BCUT2D eigenvalue weighted by Gasteiger charge is -2.16. The Morgan fingerprint density at radius 3 is 2.67 bits per heavy atom. The number of carbonyl (C=O) groups is 1. The van der Waals surface area contributed by atoms with Crippen molar-refractivity contribution in [2.24, 2.45) is 0 Å². The standard InChI is InChI=1S/C15H16F2N2OS/c1-10-5-6-21-14(10)8-19(2)9-15(20)18-11-3-4-12(16)13(17)7-11/h3-7H,8-9H2,1-2H3,(H,18,20). The number of carbonyl (C=O) groups excluding carboxylic acids is 1. The molecule has 0 bridgehead atoms. The number of nitrogens with zero attached hydrogens (tertiary/aromatic N) is 1. The Kier molecular flexibility index (Phi) is 5.03. The Hall–Kier alpha value is -1.79. The van der Waals surface area contributed by atoms with E-state index in [9.17, 15) is 13.6 Å². The van der Waals surface area contributed by atoms with Crippen LogP contribution in [0.15, 0.2) is 29.6 Å². The van der Waals surface area contributed by atoms with Gasteiger partial charge in [0.25, 0.3) is 0 Å². The van der Waals surface area contributed by atoms with Crippen LogP contribution in [0.5, 0.6) is 0 Å².